The molecule has 1 aliphatic heterocycles. The van der Waals surface area contributed by atoms with E-state index in [4.69, 9.17) is 9.84 Å². The maximum atomic E-state index is 8.99. The van der Waals surface area contributed by atoms with E-state index in [1.807, 2.05) is 12.1 Å². The van der Waals surface area contributed by atoms with Crippen LogP contribution < -0.4 is 4.74 Å². The summed E-state index contributed by atoms with van der Waals surface area (Å²) in [6, 6.07) is 8.21. The zero-order valence-corrected chi connectivity index (χ0v) is 12.4. The molecule has 2 rings (SSSR count). The summed E-state index contributed by atoms with van der Waals surface area (Å²) < 4.78 is 5.78. The third-order valence-corrected chi connectivity index (χ3v) is 3.79. The molecule has 0 saturated carbocycles. The maximum Gasteiger partial charge on any atom is 0.119 e. The monoisotopic (exact) mass is 278 g/mol. The summed E-state index contributed by atoms with van der Waals surface area (Å²) in [6.07, 6.45) is 1.17. The van der Waals surface area contributed by atoms with Crippen LogP contribution >= 0.6 is 0 Å². The first-order chi connectivity index (χ1) is 9.78. The SMILES string of the molecule is Cc1ccc(OCCN2CCCN(CCO)CC2)cc1. The van der Waals surface area contributed by atoms with Crippen molar-refractivity contribution < 1.29 is 9.84 Å². The Kier molecular flexibility index (Phi) is 6.30. The summed E-state index contributed by atoms with van der Waals surface area (Å²) in [5.74, 6) is 0.951. The van der Waals surface area contributed by atoms with Gasteiger partial charge in [-0.15, -0.1) is 0 Å². The van der Waals surface area contributed by atoms with Crippen molar-refractivity contribution >= 4 is 0 Å². The van der Waals surface area contributed by atoms with Crippen molar-refractivity contribution in [2.75, 3.05) is 52.5 Å². The van der Waals surface area contributed by atoms with Gasteiger partial charge in [-0.25, -0.2) is 0 Å². The second-order valence-corrected chi connectivity index (χ2v) is 5.42. The lowest BCUT2D eigenvalue weighted by atomic mass is 10.2. The number of β-amino-alcohol motifs (C(OH)–C–C–N with tert-alkyl or cyclic N) is 1. The quantitative estimate of drug-likeness (QED) is 0.853. The number of ether oxygens (including phenoxy) is 1. The Morgan fingerprint density at radius 2 is 1.65 bits per heavy atom. The van der Waals surface area contributed by atoms with Crippen LogP contribution in [0.3, 0.4) is 0 Å². The Bertz CT molecular complexity index is 381. The molecule has 20 heavy (non-hydrogen) atoms. The number of aryl methyl sites for hydroxylation is 1. The molecule has 1 aromatic carbocycles. The van der Waals surface area contributed by atoms with Crippen molar-refractivity contribution in [1.82, 2.24) is 9.80 Å². The zero-order valence-electron chi connectivity index (χ0n) is 12.4. The largest absolute Gasteiger partial charge is 0.492 e. The van der Waals surface area contributed by atoms with Crippen molar-refractivity contribution in [2.45, 2.75) is 13.3 Å². The predicted molar refractivity (Wildman–Crippen MR) is 81.3 cm³/mol. The average Bonchev–Trinajstić information content (AvgIpc) is 2.67. The lowest BCUT2D eigenvalue weighted by Gasteiger charge is -2.21. The predicted octanol–water partition coefficient (Wildman–Crippen LogP) is 1.37. The third-order valence-electron chi connectivity index (χ3n) is 3.79. The minimum Gasteiger partial charge on any atom is -0.492 e. The van der Waals surface area contributed by atoms with Crippen molar-refractivity contribution in [3.8, 4) is 5.75 Å². The van der Waals surface area contributed by atoms with Crippen LogP contribution in [-0.2, 0) is 0 Å². The molecule has 1 aliphatic rings. The van der Waals surface area contributed by atoms with Crippen LogP contribution in [0.2, 0.25) is 0 Å². The lowest BCUT2D eigenvalue weighted by molar-refractivity contribution is 0.188. The van der Waals surface area contributed by atoms with Crippen LogP contribution in [0, 0.1) is 6.92 Å². The van der Waals surface area contributed by atoms with E-state index in [-0.39, 0.29) is 6.61 Å². The number of aliphatic hydroxyl groups is 1. The molecule has 0 spiro atoms. The minimum atomic E-state index is 0.260. The molecule has 0 bridgehead atoms. The Morgan fingerprint density at radius 3 is 2.30 bits per heavy atom. The van der Waals surface area contributed by atoms with E-state index < -0.39 is 0 Å². The highest BCUT2D eigenvalue weighted by atomic mass is 16.5. The summed E-state index contributed by atoms with van der Waals surface area (Å²) in [7, 11) is 0. The number of hydrogen-bond donors (Lipinski definition) is 1. The Hall–Kier alpha value is -1.10. The fourth-order valence-electron chi connectivity index (χ4n) is 2.54. The standard InChI is InChI=1S/C16H26N2O2/c1-15-3-5-16(6-4-15)20-14-12-18-8-2-7-17(9-10-18)11-13-19/h3-6,19H,2,7-14H2,1H3. The number of benzene rings is 1. The average molecular weight is 278 g/mol. The van der Waals surface area contributed by atoms with E-state index in [1.165, 1.54) is 12.0 Å². The normalized spacial score (nSPS) is 17.9. The molecule has 1 aromatic rings. The molecule has 1 fully saturated rings. The van der Waals surface area contributed by atoms with Crippen molar-refractivity contribution in [2.24, 2.45) is 0 Å². The first-order valence-electron chi connectivity index (χ1n) is 7.53. The van der Waals surface area contributed by atoms with Gasteiger partial charge < -0.3 is 9.84 Å². The van der Waals surface area contributed by atoms with Crippen LogP contribution in [0.15, 0.2) is 24.3 Å². The van der Waals surface area contributed by atoms with Gasteiger partial charge in [-0.05, 0) is 38.6 Å². The summed E-state index contributed by atoms with van der Waals surface area (Å²) in [4.78, 5) is 4.78. The van der Waals surface area contributed by atoms with Crippen LogP contribution in [0.5, 0.6) is 5.75 Å². The molecule has 1 saturated heterocycles. The molecule has 1 heterocycles. The Morgan fingerprint density at radius 1 is 1.00 bits per heavy atom. The van der Waals surface area contributed by atoms with Crippen molar-refractivity contribution in [1.29, 1.82) is 0 Å². The van der Waals surface area contributed by atoms with E-state index in [0.717, 1.165) is 51.6 Å². The van der Waals surface area contributed by atoms with E-state index in [1.54, 1.807) is 0 Å². The molecule has 0 atom stereocenters. The maximum absolute atomic E-state index is 8.99. The molecule has 0 radical (unpaired) electrons. The highest BCUT2D eigenvalue weighted by Crippen LogP contribution is 2.11. The molecule has 0 unspecified atom stereocenters. The van der Waals surface area contributed by atoms with Gasteiger partial charge in [-0.1, -0.05) is 17.7 Å². The van der Waals surface area contributed by atoms with E-state index in [9.17, 15) is 0 Å². The molecular formula is C16H26N2O2. The molecular weight excluding hydrogens is 252 g/mol. The van der Waals surface area contributed by atoms with Crippen LogP contribution in [0.25, 0.3) is 0 Å². The van der Waals surface area contributed by atoms with Crippen LogP contribution in [0.1, 0.15) is 12.0 Å². The Balaban J connectivity index is 1.67. The number of aliphatic hydroxyl groups excluding tert-OH is 1. The molecule has 112 valence electrons. The highest BCUT2D eigenvalue weighted by molar-refractivity contribution is 5.26. The topological polar surface area (TPSA) is 35.9 Å². The lowest BCUT2D eigenvalue weighted by Crippen LogP contribution is -2.34. The fraction of sp³-hybridized carbons (Fsp3) is 0.625. The minimum absolute atomic E-state index is 0.260. The molecule has 0 aliphatic carbocycles. The van der Waals surface area contributed by atoms with Gasteiger partial charge in [-0.3, -0.25) is 9.80 Å². The van der Waals surface area contributed by atoms with E-state index in [2.05, 4.69) is 28.9 Å². The first-order valence-corrected chi connectivity index (χ1v) is 7.53. The van der Waals surface area contributed by atoms with Crippen LogP contribution in [0.4, 0.5) is 0 Å². The van der Waals surface area contributed by atoms with Gasteiger partial charge in [0.1, 0.15) is 12.4 Å². The van der Waals surface area contributed by atoms with Gasteiger partial charge in [0.2, 0.25) is 0 Å². The van der Waals surface area contributed by atoms with E-state index >= 15 is 0 Å². The summed E-state index contributed by atoms with van der Waals surface area (Å²) >= 11 is 0. The van der Waals surface area contributed by atoms with Gasteiger partial charge in [0.15, 0.2) is 0 Å². The van der Waals surface area contributed by atoms with Gasteiger partial charge >= 0.3 is 0 Å². The fourth-order valence-corrected chi connectivity index (χ4v) is 2.54. The van der Waals surface area contributed by atoms with Gasteiger partial charge in [0.05, 0.1) is 6.61 Å². The smallest absolute Gasteiger partial charge is 0.119 e. The zero-order chi connectivity index (χ0) is 14.2. The summed E-state index contributed by atoms with van der Waals surface area (Å²) in [5, 5.41) is 8.99. The molecule has 4 nitrogen and oxygen atoms in total. The van der Waals surface area contributed by atoms with Crippen molar-refractivity contribution in [3.05, 3.63) is 29.8 Å². The molecule has 1 N–H and O–H groups in total. The summed E-state index contributed by atoms with van der Waals surface area (Å²) in [5.41, 5.74) is 1.26. The first kappa shape index (κ1) is 15.3. The van der Waals surface area contributed by atoms with Crippen LogP contribution in [-0.4, -0.2) is 67.4 Å². The van der Waals surface area contributed by atoms with Crippen molar-refractivity contribution in [3.63, 3.8) is 0 Å². The number of rotatable bonds is 6. The second kappa shape index (κ2) is 8.25. The number of nitrogens with zero attached hydrogens (tertiary/aromatic N) is 2. The van der Waals surface area contributed by atoms with Gasteiger partial charge in [0, 0.05) is 26.2 Å². The highest BCUT2D eigenvalue weighted by Gasteiger charge is 2.13. The third kappa shape index (κ3) is 5.12. The second-order valence-electron chi connectivity index (χ2n) is 5.42. The summed E-state index contributed by atoms with van der Waals surface area (Å²) in [6.45, 7) is 9.19. The van der Waals surface area contributed by atoms with E-state index in [0.29, 0.717) is 0 Å². The Labute approximate surface area is 122 Å². The molecule has 0 aromatic heterocycles. The van der Waals surface area contributed by atoms with Gasteiger partial charge in [-0.2, -0.15) is 0 Å². The van der Waals surface area contributed by atoms with Gasteiger partial charge in [0.25, 0.3) is 0 Å². The molecule has 4 heteroatoms. The number of hydrogen-bond acceptors (Lipinski definition) is 4. The molecule has 0 amide bonds.